The van der Waals surface area contributed by atoms with Crippen LogP contribution in [0.2, 0.25) is 5.02 Å². The third-order valence-corrected chi connectivity index (χ3v) is 2.01. The van der Waals surface area contributed by atoms with Gasteiger partial charge in [0, 0.05) is 5.02 Å². The van der Waals surface area contributed by atoms with Gasteiger partial charge in [0.2, 0.25) is 0 Å². The smallest absolute Gasteiger partial charge is 0.0408 e. The predicted molar refractivity (Wildman–Crippen MR) is 59.0 cm³/mol. The van der Waals surface area contributed by atoms with Crippen LogP contribution >= 0.6 is 11.6 Å². The molecule has 13 heavy (non-hydrogen) atoms. The highest BCUT2D eigenvalue weighted by molar-refractivity contribution is 6.30. The van der Waals surface area contributed by atoms with E-state index in [1.807, 2.05) is 24.3 Å². The molecule has 0 saturated heterocycles. The first kappa shape index (κ1) is 12.4. The van der Waals surface area contributed by atoms with E-state index in [0.717, 1.165) is 5.02 Å². The van der Waals surface area contributed by atoms with Gasteiger partial charge in [0.25, 0.3) is 0 Å². The van der Waals surface area contributed by atoms with Crippen molar-refractivity contribution < 1.29 is 0 Å². The molecule has 1 atom stereocenters. The topological polar surface area (TPSA) is 52.0 Å². The van der Waals surface area contributed by atoms with E-state index in [1.165, 1.54) is 12.6 Å². The molecule has 0 aliphatic rings. The summed E-state index contributed by atoms with van der Waals surface area (Å²) in [6.45, 7) is 2.76. The second kappa shape index (κ2) is 6.89. The zero-order valence-corrected chi connectivity index (χ0v) is 8.88. The van der Waals surface area contributed by atoms with Crippen LogP contribution in [-0.2, 0) is 0 Å². The number of nitrogens with two attached hydrogens (primary N) is 2. The van der Waals surface area contributed by atoms with Crippen LogP contribution in [0.5, 0.6) is 0 Å². The van der Waals surface area contributed by atoms with Gasteiger partial charge >= 0.3 is 0 Å². The molecule has 0 spiro atoms. The lowest BCUT2D eigenvalue weighted by atomic mass is 10.0. The van der Waals surface area contributed by atoms with Crippen LogP contribution < -0.4 is 11.5 Å². The van der Waals surface area contributed by atoms with Gasteiger partial charge in [-0.25, -0.2) is 0 Å². The Morgan fingerprint density at radius 2 is 2.00 bits per heavy atom. The second-order valence-corrected chi connectivity index (χ2v) is 3.13. The van der Waals surface area contributed by atoms with Crippen molar-refractivity contribution in [3.63, 3.8) is 0 Å². The van der Waals surface area contributed by atoms with Gasteiger partial charge in [-0.2, -0.15) is 0 Å². The summed E-state index contributed by atoms with van der Waals surface area (Å²) < 4.78 is 0. The molecule has 0 bridgehead atoms. The number of hydrogen-bond acceptors (Lipinski definition) is 2. The number of hydrogen-bond donors (Lipinski definition) is 2. The first-order chi connectivity index (χ1) is 6.24. The van der Waals surface area contributed by atoms with E-state index in [2.05, 4.69) is 12.7 Å². The average molecular weight is 201 g/mol. The summed E-state index contributed by atoms with van der Waals surface area (Å²) in [5.74, 6) is 0.397. The molecule has 4 N–H and O–H groups in total. The maximum Gasteiger partial charge on any atom is 0.0408 e. The summed E-state index contributed by atoms with van der Waals surface area (Å²) in [6.07, 6.45) is 0. The van der Waals surface area contributed by atoms with Crippen LogP contribution in [0.15, 0.2) is 24.3 Å². The molecule has 0 saturated carbocycles. The Labute approximate surface area is 84.9 Å². The average Bonchev–Trinajstić information content (AvgIpc) is 2.20. The molecule has 2 nitrogen and oxygen atoms in total. The summed E-state index contributed by atoms with van der Waals surface area (Å²) in [6, 6.07) is 7.82. The van der Waals surface area contributed by atoms with E-state index in [0.29, 0.717) is 12.5 Å². The number of benzene rings is 1. The largest absolute Gasteiger partial charge is 0.333 e. The minimum absolute atomic E-state index is 0.397. The quantitative estimate of drug-likeness (QED) is 0.767. The molecule has 74 valence electrons. The van der Waals surface area contributed by atoms with Gasteiger partial charge < -0.3 is 11.5 Å². The van der Waals surface area contributed by atoms with Crippen molar-refractivity contribution in [1.29, 1.82) is 0 Å². The Bertz CT molecular complexity index is 238. The van der Waals surface area contributed by atoms with Gasteiger partial charge in [0.15, 0.2) is 0 Å². The fraction of sp³-hybridized carbons (Fsp3) is 0.400. The van der Waals surface area contributed by atoms with Gasteiger partial charge in [-0.05, 0) is 37.2 Å². The fourth-order valence-electron chi connectivity index (χ4n) is 0.949. The predicted octanol–water partition coefficient (Wildman–Crippen LogP) is 1.98. The molecule has 1 aromatic rings. The lowest BCUT2D eigenvalue weighted by Crippen LogP contribution is -2.08. The maximum atomic E-state index is 5.81. The molecule has 1 aromatic carbocycles. The lowest BCUT2D eigenvalue weighted by Gasteiger charge is -2.07. The zero-order valence-electron chi connectivity index (χ0n) is 8.13. The molecule has 0 radical (unpaired) electrons. The van der Waals surface area contributed by atoms with Crippen molar-refractivity contribution in [3.8, 4) is 0 Å². The fourth-order valence-corrected chi connectivity index (χ4v) is 1.15. The Kier molecular flexibility index (Phi) is 6.59. The van der Waals surface area contributed by atoms with Gasteiger partial charge in [-0.15, -0.1) is 0 Å². The highest BCUT2D eigenvalue weighted by atomic mass is 35.5. The van der Waals surface area contributed by atoms with Crippen LogP contribution in [0.1, 0.15) is 18.4 Å². The van der Waals surface area contributed by atoms with Gasteiger partial charge in [-0.3, -0.25) is 0 Å². The Hall–Kier alpha value is -0.570. The van der Waals surface area contributed by atoms with Crippen LogP contribution in [0.3, 0.4) is 0 Å². The Morgan fingerprint density at radius 1 is 1.38 bits per heavy atom. The molecule has 0 amide bonds. The first-order valence-corrected chi connectivity index (χ1v) is 4.65. The molecule has 0 aliphatic heterocycles. The molecule has 1 rings (SSSR count). The highest BCUT2D eigenvalue weighted by Gasteiger charge is 2.01. The lowest BCUT2D eigenvalue weighted by molar-refractivity contribution is 0.774. The van der Waals surface area contributed by atoms with Crippen molar-refractivity contribution in [2.24, 2.45) is 11.5 Å². The minimum Gasteiger partial charge on any atom is -0.333 e. The number of rotatable bonds is 2. The van der Waals surface area contributed by atoms with E-state index in [9.17, 15) is 0 Å². The van der Waals surface area contributed by atoms with Crippen LogP contribution in [0.25, 0.3) is 0 Å². The molecule has 0 fully saturated rings. The van der Waals surface area contributed by atoms with E-state index in [4.69, 9.17) is 17.3 Å². The summed E-state index contributed by atoms with van der Waals surface area (Å²) in [5, 5.41) is 0.780. The first-order valence-electron chi connectivity index (χ1n) is 4.27. The van der Waals surface area contributed by atoms with Gasteiger partial charge in [0.05, 0.1) is 0 Å². The highest BCUT2D eigenvalue weighted by Crippen LogP contribution is 2.17. The van der Waals surface area contributed by atoms with Crippen LogP contribution in [0, 0.1) is 0 Å². The molecule has 1 unspecified atom stereocenters. The monoisotopic (exact) mass is 200 g/mol. The van der Waals surface area contributed by atoms with E-state index in [1.54, 1.807) is 0 Å². The minimum atomic E-state index is 0.397. The summed E-state index contributed by atoms with van der Waals surface area (Å²) in [4.78, 5) is 0. The summed E-state index contributed by atoms with van der Waals surface area (Å²) in [7, 11) is 1.50. The normalized spacial score (nSPS) is 11.5. The molecule has 0 heterocycles. The molecule has 0 aromatic heterocycles. The third kappa shape index (κ3) is 4.27. The van der Waals surface area contributed by atoms with Crippen molar-refractivity contribution in [2.45, 2.75) is 12.8 Å². The SMILES string of the molecule is CC(CN)c1cccc(Cl)c1.CN. The summed E-state index contributed by atoms with van der Waals surface area (Å²) in [5.41, 5.74) is 11.2. The zero-order chi connectivity index (χ0) is 10.3. The van der Waals surface area contributed by atoms with Crippen molar-refractivity contribution >= 4 is 11.6 Å². The molecular formula is C10H17ClN2. The van der Waals surface area contributed by atoms with Gasteiger partial charge in [-0.1, -0.05) is 30.7 Å². The van der Waals surface area contributed by atoms with Crippen LogP contribution in [0.4, 0.5) is 0 Å². The van der Waals surface area contributed by atoms with Crippen LogP contribution in [-0.4, -0.2) is 13.6 Å². The standard InChI is InChI=1S/C9H12ClN.CH5N/c1-7(6-11)8-3-2-4-9(10)5-8;1-2/h2-5,7H,6,11H2,1H3;2H2,1H3. The molecular weight excluding hydrogens is 184 g/mol. The van der Waals surface area contributed by atoms with Crippen molar-refractivity contribution in [2.75, 3.05) is 13.6 Å². The van der Waals surface area contributed by atoms with E-state index < -0.39 is 0 Å². The summed E-state index contributed by atoms with van der Waals surface area (Å²) >= 11 is 5.81. The van der Waals surface area contributed by atoms with Crippen molar-refractivity contribution in [3.05, 3.63) is 34.9 Å². The number of halogens is 1. The molecule has 0 aliphatic carbocycles. The maximum absolute atomic E-state index is 5.81. The van der Waals surface area contributed by atoms with E-state index in [-0.39, 0.29) is 0 Å². The second-order valence-electron chi connectivity index (χ2n) is 2.69. The van der Waals surface area contributed by atoms with Crippen molar-refractivity contribution in [1.82, 2.24) is 0 Å². The third-order valence-electron chi connectivity index (χ3n) is 1.77. The van der Waals surface area contributed by atoms with Gasteiger partial charge in [0.1, 0.15) is 0 Å². The molecule has 3 heteroatoms. The Balaban J connectivity index is 0.000000671. The Morgan fingerprint density at radius 3 is 2.46 bits per heavy atom. The van der Waals surface area contributed by atoms with E-state index >= 15 is 0 Å².